The molecule has 0 bridgehead atoms. The fourth-order valence-corrected chi connectivity index (χ4v) is 0.969. The Hall–Kier alpha value is -1.09. The number of hydrogen-bond donors (Lipinski definition) is 1. The lowest BCUT2D eigenvalue weighted by molar-refractivity contribution is 0.193. The Morgan fingerprint density at radius 3 is 2.67 bits per heavy atom. The number of hydrogen-bond acceptors (Lipinski definition) is 2. The Balaban J connectivity index is 3.08. The number of aliphatic hydroxyl groups excluding tert-OH is 1. The molecule has 0 spiro atoms. The van der Waals surface area contributed by atoms with Crippen LogP contribution >= 0.6 is 0 Å². The summed E-state index contributed by atoms with van der Waals surface area (Å²) in [4.78, 5) is 0. The largest absolute Gasteiger partial charge is 0.497 e. The molecule has 0 aliphatic carbocycles. The number of benzene rings is 1. The second kappa shape index (κ2) is 3.54. The van der Waals surface area contributed by atoms with Crippen molar-refractivity contribution in [1.29, 1.82) is 0 Å². The monoisotopic (exact) mass is 170 g/mol. The van der Waals surface area contributed by atoms with E-state index in [1.807, 2.05) is 0 Å². The molecule has 0 aromatic heterocycles. The van der Waals surface area contributed by atoms with E-state index in [1.54, 1.807) is 0 Å². The lowest BCUT2D eigenvalue weighted by atomic mass is 10.1. The van der Waals surface area contributed by atoms with Gasteiger partial charge in [-0.2, -0.15) is 0 Å². The van der Waals surface area contributed by atoms with Crippen molar-refractivity contribution in [3.05, 3.63) is 29.6 Å². The van der Waals surface area contributed by atoms with Gasteiger partial charge < -0.3 is 9.84 Å². The van der Waals surface area contributed by atoms with Gasteiger partial charge in [0, 0.05) is 5.56 Å². The molecule has 1 rings (SSSR count). The lowest BCUT2D eigenvalue weighted by Crippen LogP contribution is -1.96. The lowest BCUT2D eigenvalue weighted by Gasteiger charge is -2.07. The third-order valence-corrected chi connectivity index (χ3v) is 1.65. The molecule has 0 aliphatic rings. The Bertz CT molecular complexity index is 271. The van der Waals surface area contributed by atoms with Gasteiger partial charge in [-0.3, -0.25) is 0 Å². The van der Waals surface area contributed by atoms with Crippen LogP contribution in [0, 0.1) is 5.82 Å². The van der Waals surface area contributed by atoms with Crippen LogP contribution in [0.3, 0.4) is 0 Å². The highest BCUT2D eigenvalue weighted by Gasteiger charge is 2.08. The summed E-state index contributed by atoms with van der Waals surface area (Å²) in [5, 5.41) is 9.13. The molecule has 0 radical (unpaired) electrons. The number of ether oxygens (including phenoxy) is 1. The minimum atomic E-state index is -0.805. The minimum Gasteiger partial charge on any atom is -0.497 e. The van der Waals surface area contributed by atoms with Gasteiger partial charge in [0.1, 0.15) is 11.6 Å². The van der Waals surface area contributed by atoms with Gasteiger partial charge in [0.2, 0.25) is 0 Å². The SMILES string of the molecule is COc1ccc(F)c([C@@H](C)O)c1. The summed E-state index contributed by atoms with van der Waals surface area (Å²) in [5.41, 5.74) is 0.259. The second-order valence-electron chi connectivity index (χ2n) is 2.56. The molecule has 1 N–H and O–H groups in total. The van der Waals surface area contributed by atoms with E-state index in [9.17, 15) is 4.39 Å². The molecule has 3 heteroatoms. The highest BCUT2D eigenvalue weighted by atomic mass is 19.1. The topological polar surface area (TPSA) is 29.5 Å². The van der Waals surface area contributed by atoms with Gasteiger partial charge in [-0.15, -0.1) is 0 Å². The summed E-state index contributed by atoms with van der Waals surface area (Å²) in [6.45, 7) is 1.51. The first kappa shape index (κ1) is 9.00. The number of rotatable bonds is 2. The highest BCUT2D eigenvalue weighted by molar-refractivity contribution is 5.30. The summed E-state index contributed by atoms with van der Waals surface area (Å²) < 4.78 is 17.8. The van der Waals surface area contributed by atoms with Crippen LogP contribution in [0.4, 0.5) is 4.39 Å². The van der Waals surface area contributed by atoms with Crippen LogP contribution in [0.15, 0.2) is 18.2 Å². The van der Waals surface area contributed by atoms with Crippen LogP contribution in [0.2, 0.25) is 0 Å². The predicted octanol–water partition coefficient (Wildman–Crippen LogP) is 1.89. The van der Waals surface area contributed by atoms with E-state index in [4.69, 9.17) is 9.84 Å². The number of halogens is 1. The first-order valence-electron chi connectivity index (χ1n) is 3.66. The summed E-state index contributed by atoms with van der Waals surface area (Å²) in [5.74, 6) is 0.137. The predicted molar refractivity (Wildman–Crippen MR) is 43.6 cm³/mol. The molecule has 0 amide bonds. The first-order chi connectivity index (χ1) is 5.65. The van der Waals surface area contributed by atoms with Gasteiger partial charge in [0.25, 0.3) is 0 Å². The Morgan fingerprint density at radius 1 is 1.50 bits per heavy atom. The fourth-order valence-electron chi connectivity index (χ4n) is 0.969. The highest BCUT2D eigenvalue weighted by Crippen LogP contribution is 2.21. The molecular weight excluding hydrogens is 159 g/mol. The van der Waals surface area contributed by atoms with Crippen molar-refractivity contribution >= 4 is 0 Å². The van der Waals surface area contributed by atoms with Crippen LogP contribution in [-0.2, 0) is 0 Å². The average molecular weight is 170 g/mol. The molecule has 66 valence electrons. The van der Waals surface area contributed by atoms with Crippen molar-refractivity contribution in [2.45, 2.75) is 13.0 Å². The van der Waals surface area contributed by atoms with Crippen LogP contribution in [-0.4, -0.2) is 12.2 Å². The van der Waals surface area contributed by atoms with E-state index < -0.39 is 11.9 Å². The zero-order valence-corrected chi connectivity index (χ0v) is 7.04. The zero-order chi connectivity index (χ0) is 9.14. The Kier molecular flexibility index (Phi) is 2.65. The standard InChI is InChI=1S/C9H11FO2/c1-6(11)8-5-7(12-2)3-4-9(8)10/h3-6,11H,1-2H3/t6-/m1/s1. The summed E-state index contributed by atoms with van der Waals surface area (Å²) in [7, 11) is 1.50. The van der Waals surface area contributed by atoms with Crippen LogP contribution in [0.5, 0.6) is 5.75 Å². The maximum Gasteiger partial charge on any atom is 0.129 e. The van der Waals surface area contributed by atoms with Gasteiger partial charge >= 0.3 is 0 Å². The maximum atomic E-state index is 12.9. The summed E-state index contributed by atoms with van der Waals surface area (Å²) in [6.07, 6.45) is -0.805. The van der Waals surface area contributed by atoms with Crippen LogP contribution < -0.4 is 4.74 Å². The van der Waals surface area contributed by atoms with Gasteiger partial charge in [0.05, 0.1) is 13.2 Å². The summed E-state index contributed by atoms with van der Waals surface area (Å²) in [6, 6.07) is 4.28. The van der Waals surface area contributed by atoms with Crippen molar-refractivity contribution in [2.75, 3.05) is 7.11 Å². The van der Waals surface area contributed by atoms with Gasteiger partial charge in [0.15, 0.2) is 0 Å². The third-order valence-electron chi connectivity index (χ3n) is 1.65. The molecule has 0 saturated carbocycles. The molecule has 1 aromatic rings. The maximum absolute atomic E-state index is 12.9. The van der Waals surface area contributed by atoms with Gasteiger partial charge in [-0.1, -0.05) is 0 Å². The summed E-state index contributed by atoms with van der Waals surface area (Å²) >= 11 is 0. The van der Waals surface area contributed by atoms with Crippen LogP contribution in [0.1, 0.15) is 18.6 Å². The first-order valence-corrected chi connectivity index (χ1v) is 3.66. The van der Waals surface area contributed by atoms with Crippen molar-refractivity contribution in [3.8, 4) is 5.75 Å². The second-order valence-corrected chi connectivity index (χ2v) is 2.56. The molecule has 0 unspecified atom stereocenters. The van der Waals surface area contributed by atoms with E-state index in [0.717, 1.165) is 0 Å². The van der Waals surface area contributed by atoms with E-state index in [1.165, 1.54) is 32.2 Å². The molecule has 0 saturated heterocycles. The Morgan fingerprint density at radius 2 is 2.17 bits per heavy atom. The molecule has 0 heterocycles. The van der Waals surface area contributed by atoms with Crippen molar-refractivity contribution in [3.63, 3.8) is 0 Å². The molecule has 0 aliphatic heterocycles. The van der Waals surface area contributed by atoms with Gasteiger partial charge in [-0.25, -0.2) is 4.39 Å². The molecular formula is C9H11FO2. The average Bonchev–Trinajstić information content (AvgIpc) is 2.05. The zero-order valence-electron chi connectivity index (χ0n) is 7.04. The number of aliphatic hydroxyl groups is 1. The molecule has 2 nitrogen and oxygen atoms in total. The third kappa shape index (κ3) is 1.74. The fraction of sp³-hybridized carbons (Fsp3) is 0.333. The smallest absolute Gasteiger partial charge is 0.129 e. The van der Waals surface area contributed by atoms with Crippen molar-refractivity contribution in [2.24, 2.45) is 0 Å². The molecule has 1 atom stereocenters. The Labute approximate surface area is 70.6 Å². The normalized spacial score (nSPS) is 12.7. The minimum absolute atomic E-state index is 0.259. The number of methoxy groups -OCH3 is 1. The molecule has 1 aromatic carbocycles. The van der Waals surface area contributed by atoms with Crippen molar-refractivity contribution in [1.82, 2.24) is 0 Å². The van der Waals surface area contributed by atoms with Crippen LogP contribution in [0.25, 0.3) is 0 Å². The quantitative estimate of drug-likeness (QED) is 0.734. The van der Waals surface area contributed by atoms with E-state index in [2.05, 4.69) is 0 Å². The van der Waals surface area contributed by atoms with E-state index in [0.29, 0.717) is 5.75 Å². The molecule has 12 heavy (non-hydrogen) atoms. The van der Waals surface area contributed by atoms with Gasteiger partial charge in [-0.05, 0) is 25.1 Å². The van der Waals surface area contributed by atoms with Crippen molar-refractivity contribution < 1.29 is 14.2 Å². The molecule has 0 fully saturated rings. The van der Waals surface area contributed by atoms with E-state index >= 15 is 0 Å². The van der Waals surface area contributed by atoms with E-state index in [-0.39, 0.29) is 5.56 Å².